The molecule has 0 fully saturated rings. The smallest absolute Gasteiger partial charge is 0.238 e. The Labute approximate surface area is 168 Å². The molecule has 0 aliphatic carbocycles. The van der Waals surface area contributed by atoms with E-state index in [1.54, 1.807) is 0 Å². The third-order valence-corrected chi connectivity index (χ3v) is 5.62. The van der Waals surface area contributed by atoms with Crippen LogP contribution in [0.2, 0.25) is 5.02 Å². The van der Waals surface area contributed by atoms with Gasteiger partial charge in [-0.3, -0.25) is 4.79 Å². The Bertz CT molecular complexity index is 867. The molecule has 3 N–H and O–H groups in total. The summed E-state index contributed by atoms with van der Waals surface area (Å²) in [7, 11) is 0. The number of hydrogen-bond donors (Lipinski definition) is 2. The van der Waals surface area contributed by atoms with Crippen molar-refractivity contribution in [3.63, 3.8) is 0 Å². The molecule has 0 heterocycles. The average molecular weight is 397 g/mol. The number of benzene rings is 3. The van der Waals surface area contributed by atoms with Crippen LogP contribution in [0.4, 0.5) is 5.69 Å². The molecule has 3 rings (SSSR count). The second-order valence-corrected chi connectivity index (χ2v) is 7.76. The lowest BCUT2D eigenvalue weighted by atomic mass is 10.1. The topological polar surface area (TPSA) is 55.1 Å². The summed E-state index contributed by atoms with van der Waals surface area (Å²) < 4.78 is 0. The highest BCUT2D eigenvalue weighted by atomic mass is 35.5. The molecule has 138 valence electrons. The number of thioether (sulfide) groups is 1. The summed E-state index contributed by atoms with van der Waals surface area (Å²) in [4.78, 5) is 13.9. The number of anilines is 1. The largest absolute Gasteiger partial charge is 0.399 e. The molecular weight excluding hydrogens is 376 g/mol. The molecule has 0 aliphatic rings. The SMILES string of the molecule is Nc1ccc(SC(C(=O)NCCc2ccc(Cl)cc2)c2ccccc2)cc1. The first-order valence-corrected chi connectivity index (χ1v) is 9.97. The second kappa shape index (κ2) is 9.49. The number of nitrogens with two attached hydrogens (primary N) is 1. The number of halogens is 1. The summed E-state index contributed by atoms with van der Waals surface area (Å²) in [5, 5.41) is 3.45. The van der Waals surface area contributed by atoms with Crippen LogP contribution in [0.3, 0.4) is 0 Å². The molecule has 1 atom stereocenters. The molecule has 27 heavy (non-hydrogen) atoms. The highest BCUT2D eigenvalue weighted by molar-refractivity contribution is 8.00. The van der Waals surface area contributed by atoms with Gasteiger partial charge in [0.25, 0.3) is 0 Å². The molecular formula is C22H21ClN2OS. The predicted molar refractivity (Wildman–Crippen MR) is 114 cm³/mol. The monoisotopic (exact) mass is 396 g/mol. The minimum Gasteiger partial charge on any atom is -0.399 e. The maximum Gasteiger partial charge on any atom is 0.238 e. The van der Waals surface area contributed by atoms with Crippen LogP contribution in [0.15, 0.2) is 83.8 Å². The van der Waals surface area contributed by atoms with E-state index in [1.807, 2.05) is 78.9 Å². The van der Waals surface area contributed by atoms with E-state index in [-0.39, 0.29) is 11.2 Å². The first-order valence-electron chi connectivity index (χ1n) is 8.71. The molecule has 0 aromatic heterocycles. The van der Waals surface area contributed by atoms with E-state index >= 15 is 0 Å². The quantitative estimate of drug-likeness (QED) is 0.430. The fourth-order valence-electron chi connectivity index (χ4n) is 2.66. The maximum absolute atomic E-state index is 12.9. The third-order valence-electron chi connectivity index (χ3n) is 4.10. The Morgan fingerprint density at radius 1 is 0.963 bits per heavy atom. The summed E-state index contributed by atoms with van der Waals surface area (Å²) in [6, 6.07) is 25.1. The van der Waals surface area contributed by atoms with Crippen LogP contribution in [0.5, 0.6) is 0 Å². The van der Waals surface area contributed by atoms with Crippen molar-refractivity contribution in [1.82, 2.24) is 5.32 Å². The minimum atomic E-state index is -0.319. The summed E-state index contributed by atoms with van der Waals surface area (Å²) >= 11 is 7.43. The lowest BCUT2D eigenvalue weighted by Crippen LogP contribution is -2.29. The number of amides is 1. The molecule has 3 nitrogen and oxygen atoms in total. The molecule has 0 spiro atoms. The predicted octanol–water partition coefficient (Wildman–Crippen LogP) is 5.11. The minimum absolute atomic E-state index is 0.00279. The van der Waals surface area contributed by atoms with Gasteiger partial charge in [0, 0.05) is 22.2 Å². The van der Waals surface area contributed by atoms with Gasteiger partial charge in [-0.15, -0.1) is 11.8 Å². The maximum atomic E-state index is 12.9. The molecule has 0 bridgehead atoms. The van der Waals surface area contributed by atoms with E-state index in [1.165, 1.54) is 11.8 Å². The van der Waals surface area contributed by atoms with E-state index in [0.29, 0.717) is 17.3 Å². The number of carbonyl (C=O) groups excluding carboxylic acids is 1. The Kier molecular flexibility index (Phi) is 6.80. The van der Waals surface area contributed by atoms with Crippen molar-refractivity contribution in [3.8, 4) is 0 Å². The Hall–Kier alpha value is -2.43. The summed E-state index contributed by atoms with van der Waals surface area (Å²) in [5.74, 6) is -0.00279. The molecule has 0 saturated carbocycles. The Morgan fingerprint density at radius 3 is 2.30 bits per heavy atom. The first kappa shape index (κ1) is 19.3. The van der Waals surface area contributed by atoms with Crippen molar-refractivity contribution >= 4 is 35.0 Å². The van der Waals surface area contributed by atoms with Crippen molar-refractivity contribution in [2.45, 2.75) is 16.6 Å². The average Bonchev–Trinajstić information content (AvgIpc) is 2.69. The van der Waals surface area contributed by atoms with Crippen LogP contribution in [-0.2, 0) is 11.2 Å². The molecule has 0 aliphatic heterocycles. The summed E-state index contributed by atoms with van der Waals surface area (Å²) in [6.07, 6.45) is 0.761. The highest BCUT2D eigenvalue weighted by Crippen LogP contribution is 2.35. The number of nitrogens with one attached hydrogen (secondary N) is 1. The number of rotatable bonds is 7. The molecule has 1 unspecified atom stereocenters. The van der Waals surface area contributed by atoms with E-state index in [9.17, 15) is 4.79 Å². The summed E-state index contributed by atoms with van der Waals surface area (Å²) in [5.41, 5.74) is 8.59. The number of carbonyl (C=O) groups is 1. The van der Waals surface area contributed by atoms with E-state index < -0.39 is 0 Å². The van der Waals surface area contributed by atoms with Crippen molar-refractivity contribution in [2.75, 3.05) is 12.3 Å². The van der Waals surface area contributed by atoms with Gasteiger partial charge >= 0.3 is 0 Å². The van der Waals surface area contributed by atoms with E-state index in [4.69, 9.17) is 17.3 Å². The van der Waals surface area contributed by atoms with Crippen LogP contribution in [-0.4, -0.2) is 12.5 Å². The zero-order valence-electron chi connectivity index (χ0n) is 14.8. The zero-order chi connectivity index (χ0) is 19.1. The van der Waals surface area contributed by atoms with Crippen molar-refractivity contribution in [1.29, 1.82) is 0 Å². The number of hydrogen-bond acceptors (Lipinski definition) is 3. The van der Waals surface area contributed by atoms with Gasteiger partial charge in [-0.2, -0.15) is 0 Å². The van der Waals surface area contributed by atoms with E-state index in [0.717, 1.165) is 22.4 Å². The Balaban J connectivity index is 1.66. The second-order valence-electron chi connectivity index (χ2n) is 6.15. The van der Waals surface area contributed by atoms with Crippen LogP contribution in [0.1, 0.15) is 16.4 Å². The third kappa shape index (κ3) is 5.78. The standard InChI is InChI=1S/C22H21ClN2OS/c23-18-8-6-16(7-9-18)14-15-25-22(26)21(17-4-2-1-3-5-17)27-20-12-10-19(24)11-13-20/h1-13,21H,14-15,24H2,(H,25,26). The number of nitrogen functional groups attached to an aromatic ring is 1. The van der Waals surface area contributed by atoms with E-state index in [2.05, 4.69) is 5.32 Å². The molecule has 3 aromatic rings. The van der Waals surface area contributed by atoms with Crippen LogP contribution >= 0.6 is 23.4 Å². The molecule has 5 heteroatoms. The van der Waals surface area contributed by atoms with Gasteiger partial charge in [-0.05, 0) is 53.9 Å². The zero-order valence-corrected chi connectivity index (χ0v) is 16.3. The van der Waals surface area contributed by atoms with Crippen molar-refractivity contribution < 1.29 is 4.79 Å². The van der Waals surface area contributed by atoms with Gasteiger partial charge in [-0.1, -0.05) is 54.1 Å². The summed E-state index contributed by atoms with van der Waals surface area (Å²) in [6.45, 7) is 0.575. The van der Waals surface area contributed by atoms with Gasteiger partial charge in [0.15, 0.2) is 0 Å². The molecule has 1 amide bonds. The normalized spacial score (nSPS) is 11.7. The van der Waals surface area contributed by atoms with Crippen LogP contribution < -0.4 is 11.1 Å². The fourth-order valence-corrected chi connectivity index (χ4v) is 3.83. The van der Waals surface area contributed by atoms with Crippen molar-refractivity contribution in [2.24, 2.45) is 0 Å². The van der Waals surface area contributed by atoms with Gasteiger partial charge in [0.2, 0.25) is 5.91 Å². The lowest BCUT2D eigenvalue weighted by molar-refractivity contribution is -0.120. The van der Waals surface area contributed by atoms with Gasteiger partial charge in [-0.25, -0.2) is 0 Å². The lowest BCUT2D eigenvalue weighted by Gasteiger charge is -2.17. The van der Waals surface area contributed by atoms with Gasteiger partial charge in [0.1, 0.15) is 5.25 Å². The highest BCUT2D eigenvalue weighted by Gasteiger charge is 2.21. The molecule has 0 radical (unpaired) electrons. The molecule has 0 saturated heterocycles. The van der Waals surface area contributed by atoms with Crippen LogP contribution in [0, 0.1) is 0 Å². The first-order chi connectivity index (χ1) is 13.1. The molecule has 3 aromatic carbocycles. The van der Waals surface area contributed by atoms with Gasteiger partial charge in [0.05, 0.1) is 0 Å². The fraction of sp³-hybridized carbons (Fsp3) is 0.136. The van der Waals surface area contributed by atoms with Crippen molar-refractivity contribution in [3.05, 3.63) is 95.0 Å². The van der Waals surface area contributed by atoms with Gasteiger partial charge < -0.3 is 11.1 Å². The van der Waals surface area contributed by atoms with Crippen LogP contribution in [0.25, 0.3) is 0 Å². The Morgan fingerprint density at radius 2 is 1.63 bits per heavy atom.